The highest BCUT2D eigenvalue weighted by molar-refractivity contribution is 6.53. The fraction of sp³-hybridized carbons (Fsp3) is 0.310. The van der Waals surface area contributed by atoms with Crippen molar-refractivity contribution >= 4 is 22.2 Å². The molecule has 0 spiro atoms. The number of halogens is 1. The van der Waals surface area contributed by atoms with Crippen LogP contribution in [0.1, 0.15) is 29.5 Å². The first-order valence-electron chi connectivity index (χ1n) is 11.9. The van der Waals surface area contributed by atoms with Crippen molar-refractivity contribution in [1.29, 1.82) is 0 Å². The van der Waals surface area contributed by atoms with E-state index in [1.165, 1.54) is 39.1 Å². The zero-order chi connectivity index (χ0) is 22.9. The lowest BCUT2D eigenvalue weighted by Gasteiger charge is -2.32. The van der Waals surface area contributed by atoms with Crippen molar-refractivity contribution in [2.75, 3.05) is 46.4 Å². The van der Waals surface area contributed by atoms with Gasteiger partial charge in [0.05, 0.1) is 11.6 Å². The zero-order valence-electron chi connectivity index (χ0n) is 19.4. The number of likely N-dealkylation sites (N-methyl/N-ethyl adjacent to an activating group) is 1. The van der Waals surface area contributed by atoms with Crippen LogP contribution in [0.25, 0.3) is 10.6 Å². The van der Waals surface area contributed by atoms with Gasteiger partial charge in [-0.3, -0.25) is 0 Å². The largest absolute Gasteiger partial charge is 0.494 e. The van der Waals surface area contributed by atoms with Crippen LogP contribution in [0.4, 0.5) is 0 Å². The quantitative estimate of drug-likeness (QED) is 0.277. The maximum atomic E-state index is 6.91. The molecule has 3 aromatic carbocycles. The number of hydrogen-bond donors (Lipinski definition) is 0. The second-order valence-electron chi connectivity index (χ2n) is 8.65. The van der Waals surface area contributed by atoms with Crippen LogP contribution < -0.4 is 4.74 Å². The zero-order valence-corrected chi connectivity index (χ0v) is 20.2. The van der Waals surface area contributed by atoms with Crippen molar-refractivity contribution in [3.8, 4) is 5.75 Å². The van der Waals surface area contributed by atoms with E-state index in [1.54, 1.807) is 0 Å². The molecule has 0 bridgehead atoms. The minimum absolute atomic E-state index is 0.749. The highest BCUT2D eigenvalue weighted by Crippen LogP contribution is 2.35. The van der Waals surface area contributed by atoms with Crippen molar-refractivity contribution in [2.24, 2.45) is 0 Å². The van der Waals surface area contributed by atoms with Crippen molar-refractivity contribution in [1.82, 2.24) is 9.80 Å². The first kappa shape index (κ1) is 23.6. The summed E-state index contributed by atoms with van der Waals surface area (Å²) in [7, 11) is 2.20. The fourth-order valence-corrected chi connectivity index (χ4v) is 4.51. The van der Waals surface area contributed by atoms with Crippen LogP contribution in [-0.2, 0) is 0 Å². The van der Waals surface area contributed by atoms with Gasteiger partial charge in [-0.2, -0.15) is 0 Å². The van der Waals surface area contributed by atoms with E-state index in [4.69, 9.17) is 16.3 Å². The lowest BCUT2D eigenvalue weighted by molar-refractivity contribution is 0.150. The average molecular weight is 461 g/mol. The molecule has 0 N–H and O–H groups in total. The molecule has 1 fully saturated rings. The molecule has 3 aromatic rings. The second kappa shape index (κ2) is 12.0. The van der Waals surface area contributed by atoms with Gasteiger partial charge in [-0.15, -0.1) is 0 Å². The molecule has 33 heavy (non-hydrogen) atoms. The molecule has 0 amide bonds. The molecule has 172 valence electrons. The van der Waals surface area contributed by atoms with Crippen LogP contribution in [0.15, 0.2) is 84.9 Å². The number of piperazine rings is 1. The highest BCUT2D eigenvalue weighted by atomic mass is 35.5. The summed E-state index contributed by atoms with van der Waals surface area (Å²) < 4.78 is 6.02. The summed E-state index contributed by atoms with van der Waals surface area (Å²) in [5, 5.41) is 0.749. The first-order valence-corrected chi connectivity index (χ1v) is 12.2. The number of unbranched alkanes of at least 4 members (excludes halogenated alkanes) is 1. The second-order valence-corrected chi connectivity index (χ2v) is 9.02. The van der Waals surface area contributed by atoms with Gasteiger partial charge in [0.2, 0.25) is 0 Å². The summed E-state index contributed by atoms with van der Waals surface area (Å²) in [4.78, 5) is 4.96. The molecule has 0 radical (unpaired) electrons. The van der Waals surface area contributed by atoms with E-state index in [0.29, 0.717) is 0 Å². The summed E-state index contributed by atoms with van der Waals surface area (Å²) in [6.45, 7) is 6.63. The minimum atomic E-state index is 0.749. The van der Waals surface area contributed by atoms with Crippen molar-refractivity contribution in [3.05, 3.63) is 102 Å². The van der Waals surface area contributed by atoms with Crippen LogP contribution in [0.3, 0.4) is 0 Å². The molecule has 0 unspecified atom stereocenters. The molecule has 0 atom stereocenters. The third-order valence-corrected chi connectivity index (χ3v) is 6.59. The molecule has 1 aliphatic rings. The van der Waals surface area contributed by atoms with Crippen LogP contribution in [0, 0.1) is 0 Å². The van der Waals surface area contributed by atoms with Gasteiger partial charge in [0.25, 0.3) is 0 Å². The highest BCUT2D eigenvalue weighted by Gasteiger charge is 2.14. The van der Waals surface area contributed by atoms with E-state index in [9.17, 15) is 0 Å². The molecule has 0 saturated carbocycles. The van der Waals surface area contributed by atoms with E-state index >= 15 is 0 Å². The molecule has 4 rings (SSSR count). The lowest BCUT2D eigenvalue weighted by Crippen LogP contribution is -2.44. The van der Waals surface area contributed by atoms with E-state index in [2.05, 4.69) is 41.1 Å². The topological polar surface area (TPSA) is 15.7 Å². The summed E-state index contributed by atoms with van der Waals surface area (Å²) >= 11 is 6.91. The van der Waals surface area contributed by atoms with Crippen LogP contribution in [0.5, 0.6) is 5.75 Å². The predicted octanol–water partition coefficient (Wildman–Crippen LogP) is 6.25. The fourth-order valence-electron chi connectivity index (χ4n) is 4.17. The summed E-state index contributed by atoms with van der Waals surface area (Å²) in [5.41, 5.74) is 4.22. The Kier molecular flexibility index (Phi) is 8.59. The van der Waals surface area contributed by atoms with Gasteiger partial charge in [-0.05, 0) is 55.3 Å². The third kappa shape index (κ3) is 6.70. The Balaban J connectivity index is 1.38. The molecule has 1 heterocycles. The Bertz CT molecular complexity index is 1010. The van der Waals surface area contributed by atoms with Gasteiger partial charge >= 0.3 is 0 Å². The molecule has 0 aromatic heterocycles. The van der Waals surface area contributed by atoms with Gasteiger partial charge in [0.1, 0.15) is 5.75 Å². The molecule has 1 aliphatic heterocycles. The average Bonchev–Trinajstić information content (AvgIpc) is 2.87. The predicted molar refractivity (Wildman–Crippen MR) is 140 cm³/mol. The van der Waals surface area contributed by atoms with E-state index in [-0.39, 0.29) is 0 Å². The SMILES string of the molecule is CN1CCN(CCCCOc2ccc(C(=C(Cl)c3ccccc3)c3ccccc3)cc2)CC1. The van der Waals surface area contributed by atoms with E-state index in [0.717, 1.165) is 46.1 Å². The molecule has 0 aliphatic carbocycles. The normalized spacial score (nSPS) is 15.8. The minimum Gasteiger partial charge on any atom is -0.494 e. The summed E-state index contributed by atoms with van der Waals surface area (Å²) in [5.74, 6) is 0.904. The smallest absolute Gasteiger partial charge is 0.119 e. The molecular formula is C29H33ClN2O. The Morgan fingerprint density at radius 3 is 1.94 bits per heavy atom. The van der Waals surface area contributed by atoms with Crippen LogP contribution in [0.2, 0.25) is 0 Å². The maximum absolute atomic E-state index is 6.91. The third-order valence-electron chi connectivity index (χ3n) is 6.19. The summed E-state index contributed by atoms with van der Waals surface area (Å²) in [6, 6.07) is 28.8. The van der Waals surface area contributed by atoms with Crippen molar-refractivity contribution in [3.63, 3.8) is 0 Å². The monoisotopic (exact) mass is 460 g/mol. The summed E-state index contributed by atoms with van der Waals surface area (Å²) in [6.07, 6.45) is 2.25. The van der Waals surface area contributed by atoms with Crippen LogP contribution >= 0.6 is 11.6 Å². The Morgan fingerprint density at radius 1 is 0.727 bits per heavy atom. The Hall–Kier alpha value is -2.59. The van der Waals surface area contributed by atoms with E-state index < -0.39 is 0 Å². The molecule has 1 saturated heterocycles. The first-order chi connectivity index (χ1) is 16.2. The maximum Gasteiger partial charge on any atom is 0.119 e. The lowest BCUT2D eigenvalue weighted by atomic mass is 9.95. The number of nitrogens with zero attached hydrogens (tertiary/aromatic N) is 2. The van der Waals surface area contributed by atoms with Gasteiger partial charge in [0, 0.05) is 31.8 Å². The van der Waals surface area contributed by atoms with Gasteiger partial charge in [-0.1, -0.05) is 84.4 Å². The van der Waals surface area contributed by atoms with Crippen molar-refractivity contribution in [2.45, 2.75) is 12.8 Å². The van der Waals surface area contributed by atoms with Gasteiger partial charge in [-0.25, -0.2) is 0 Å². The number of rotatable bonds is 9. The van der Waals surface area contributed by atoms with Crippen molar-refractivity contribution < 1.29 is 4.74 Å². The molecule has 4 heteroatoms. The number of ether oxygens (including phenoxy) is 1. The van der Waals surface area contributed by atoms with Gasteiger partial charge < -0.3 is 14.5 Å². The van der Waals surface area contributed by atoms with E-state index in [1.807, 2.05) is 60.7 Å². The van der Waals surface area contributed by atoms with Crippen LogP contribution in [-0.4, -0.2) is 56.2 Å². The molecular weight excluding hydrogens is 428 g/mol. The Labute approximate surface area is 203 Å². The number of benzene rings is 3. The molecule has 3 nitrogen and oxygen atoms in total. The van der Waals surface area contributed by atoms with Gasteiger partial charge in [0.15, 0.2) is 0 Å². The standard InChI is InChI=1S/C29H33ClN2O/c1-31-19-21-32(22-20-31)18-8-9-23-33-27-16-14-25(15-17-27)28(24-10-4-2-5-11-24)29(30)26-12-6-3-7-13-26/h2-7,10-17H,8-9,18-23H2,1H3. The Morgan fingerprint density at radius 2 is 1.30 bits per heavy atom. The number of hydrogen-bond acceptors (Lipinski definition) is 3.